The van der Waals surface area contributed by atoms with Crippen molar-refractivity contribution >= 4 is 10.8 Å². The highest BCUT2D eigenvalue weighted by molar-refractivity contribution is 5.88. The van der Waals surface area contributed by atoms with Gasteiger partial charge in [-0.25, -0.2) is 0 Å². The van der Waals surface area contributed by atoms with Gasteiger partial charge in [-0.1, -0.05) is 70.7 Å². The Balaban J connectivity index is 2.49. The van der Waals surface area contributed by atoms with E-state index in [4.69, 9.17) is 4.98 Å². The van der Waals surface area contributed by atoms with Crippen LogP contribution in [0.5, 0.6) is 0 Å². The molecule has 1 aromatic heterocycles. The van der Waals surface area contributed by atoms with Gasteiger partial charge in [0.1, 0.15) is 0 Å². The maximum absolute atomic E-state index is 5.08. The molecule has 0 aliphatic carbocycles. The van der Waals surface area contributed by atoms with Crippen LogP contribution < -0.4 is 0 Å². The molecular formula is C20H29N. The number of aryl methyl sites for hydroxylation is 3. The molecule has 0 unspecified atom stereocenters. The Hall–Kier alpha value is -1.37. The van der Waals surface area contributed by atoms with Crippen LogP contribution >= 0.6 is 0 Å². The minimum absolute atomic E-state index is 1.11. The van der Waals surface area contributed by atoms with Gasteiger partial charge in [0.15, 0.2) is 0 Å². The summed E-state index contributed by atoms with van der Waals surface area (Å²) in [6.07, 6.45) is 9.58. The van der Waals surface area contributed by atoms with Gasteiger partial charge < -0.3 is 0 Å². The number of rotatable bonds is 8. The summed E-state index contributed by atoms with van der Waals surface area (Å²) in [5, 5.41) is 2.83. The highest BCUT2D eigenvalue weighted by atomic mass is 14.7. The Morgan fingerprint density at radius 2 is 1.43 bits per heavy atom. The zero-order valence-electron chi connectivity index (χ0n) is 13.9. The van der Waals surface area contributed by atoms with Crippen molar-refractivity contribution in [1.29, 1.82) is 0 Å². The summed E-state index contributed by atoms with van der Waals surface area (Å²) in [6.45, 7) is 6.78. The van der Waals surface area contributed by atoms with Crippen molar-refractivity contribution in [2.24, 2.45) is 0 Å². The molecule has 1 heteroatoms. The maximum Gasteiger partial charge on any atom is 0.0485 e. The van der Waals surface area contributed by atoms with E-state index < -0.39 is 0 Å². The van der Waals surface area contributed by atoms with Gasteiger partial charge in [0.2, 0.25) is 0 Å². The monoisotopic (exact) mass is 283 g/mol. The molecule has 0 fully saturated rings. The second-order valence-corrected chi connectivity index (χ2v) is 5.99. The predicted molar refractivity (Wildman–Crippen MR) is 93.0 cm³/mol. The lowest BCUT2D eigenvalue weighted by molar-refractivity contribution is 0.705. The van der Waals surface area contributed by atoms with E-state index in [0.717, 1.165) is 19.3 Å². The number of hydrogen-bond acceptors (Lipinski definition) is 1. The second kappa shape index (κ2) is 8.17. The smallest absolute Gasteiger partial charge is 0.0485 e. The van der Waals surface area contributed by atoms with Crippen LogP contribution in [0, 0.1) is 0 Å². The molecule has 0 bridgehead atoms. The lowest BCUT2D eigenvalue weighted by Gasteiger charge is -2.15. The normalized spacial score (nSPS) is 11.2. The standard InChI is InChI=1S/C20H29N/c1-4-7-8-15-20-18-14-10-9-13-16(18)17(11-5-2)19(21-20)12-6-3/h9-10,13-14H,4-8,11-12,15H2,1-3H3. The van der Waals surface area contributed by atoms with Gasteiger partial charge >= 0.3 is 0 Å². The first-order chi connectivity index (χ1) is 10.3. The number of fused-ring (bicyclic) bond motifs is 1. The number of hydrogen-bond donors (Lipinski definition) is 0. The van der Waals surface area contributed by atoms with Crippen LogP contribution in [0.4, 0.5) is 0 Å². The van der Waals surface area contributed by atoms with Crippen molar-refractivity contribution < 1.29 is 0 Å². The van der Waals surface area contributed by atoms with Crippen LogP contribution in [-0.4, -0.2) is 4.98 Å². The maximum atomic E-state index is 5.08. The molecule has 0 atom stereocenters. The first-order valence-electron chi connectivity index (χ1n) is 8.71. The van der Waals surface area contributed by atoms with Gasteiger partial charge in [0, 0.05) is 16.8 Å². The molecule has 0 amide bonds. The fraction of sp³-hybridized carbons (Fsp3) is 0.550. The molecule has 1 aromatic carbocycles. The number of aromatic nitrogens is 1. The van der Waals surface area contributed by atoms with Crippen LogP contribution in [-0.2, 0) is 19.3 Å². The summed E-state index contributed by atoms with van der Waals surface area (Å²) in [4.78, 5) is 5.08. The Labute approximate surface area is 129 Å². The fourth-order valence-corrected chi connectivity index (χ4v) is 3.15. The van der Waals surface area contributed by atoms with Crippen LogP contribution in [0.1, 0.15) is 69.8 Å². The summed E-state index contributed by atoms with van der Waals surface area (Å²) in [7, 11) is 0. The topological polar surface area (TPSA) is 12.9 Å². The largest absolute Gasteiger partial charge is 0.257 e. The minimum atomic E-state index is 1.11. The van der Waals surface area contributed by atoms with E-state index in [1.807, 2.05) is 0 Å². The minimum Gasteiger partial charge on any atom is -0.257 e. The molecule has 1 nitrogen and oxygen atoms in total. The van der Waals surface area contributed by atoms with E-state index >= 15 is 0 Å². The average molecular weight is 283 g/mol. The van der Waals surface area contributed by atoms with E-state index in [1.54, 1.807) is 0 Å². The molecule has 0 aliphatic rings. The Kier molecular flexibility index (Phi) is 6.22. The third-order valence-corrected chi connectivity index (χ3v) is 4.19. The SMILES string of the molecule is CCCCCc1nc(CCC)c(CCC)c2ccccc12. The first-order valence-corrected chi connectivity index (χ1v) is 8.71. The van der Waals surface area contributed by atoms with E-state index in [-0.39, 0.29) is 0 Å². The molecule has 0 saturated carbocycles. The lowest BCUT2D eigenvalue weighted by atomic mass is 9.95. The van der Waals surface area contributed by atoms with E-state index in [1.165, 1.54) is 59.8 Å². The van der Waals surface area contributed by atoms with Crippen LogP contribution in [0.25, 0.3) is 10.8 Å². The van der Waals surface area contributed by atoms with Crippen molar-refractivity contribution in [2.75, 3.05) is 0 Å². The molecule has 2 rings (SSSR count). The Morgan fingerprint density at radius 3 is 2.10 bits per heavy atom. The molecule has 114 valence electrons. The van der Waals surface area contributed by atoms with Crippen molar-refractivity contribution in [1.82, 2.24) is 4.98 Å². The van der Waals surface area contributed by atoms with Crippen LogP contribution in [0.2, 0.25) is 0 Å². The van der Waals surface area contributed by atoms with Crippen molar-refractivity contribution in [3.05, 3.63) is 41.2 Å². The summed E-state index contributed by atoms with van der Waals surface area (Å²) in [5.74, 6) is 0. The van der Waals surface area contributed by atoms with Crippen molar-refractivity contribution in [3.63, 3.8) is 0 Å². The second-order valence-electron chi connectivity index (χ2n) is 5.99. The molecular weight excluding hydrogens is 254 g/mol. The van der Waals surface area contributed by atoms with Gasteiger partial charge in [-0.05, 0) is 36.6 Å². The van der Waals surface area contributed by atoms with E-state index in [9.17, 15) is 0 Å². The lowest BCUT2D eigenvalue weighted by Crippen LogP contribution is -2.04. The first kappa shape index (κ1) is 16.0. The quantitative estimate of drug-likeness (QED) is 0.552. The van der Waals surface area contributed by atoms with Crippen LogP contribution in [0.3, 0.4) is 0 Å². The van der Waals surface area contributed by atoms with Gasteiger partial charge in [-0.15, -0.1) is 0 Å². The van der Waals surface area contributed by atoms with E-state index in [0.29, 0.717) is 0 Å². The third-order valence-electron chi connectivity index (χ3n) is 4.19. The summed E-state index contributed by atoms with van der Waals surface area (Å²) >= 11 is 0. The molecule has 0 saturated heterocycles. The van der Waals surface area contributed by atoms with Crippen LogP contribution in [0.15, 0.2) is 24.3 Å². The molecule has 1 heterocycles. The number of benzene rings is 1. The zero-order valence-corrected chi connectivity index (χ0v) is 13.9. The molecule has 0 radical (unpaired) electrons. The Bertz CT molecular complexity index is 571. The highest BCUT2D eigenvalue weighted by Gasteiger charge is 2.12. The van der Waals surface area contributed by atoms with Gasteiger partial charge in [-0.3, -0.25) is 4.98 Å². The predicted octanol–water partition coefficient (Wildman–Crippen LogP) is 5.87. The van der Waals surface area contributed by atoms with Crippen molar-refractivity contribution in [3.8, 4) is 0 Å². The summed E-state index contributed by atoms with van der Waals surface area (Å²) in [5.41, 5.74) is 4.17. The van der Waals surface area contributed by atoms with Gasteiger partial charge in [0.25, 0.3) is 0 Å². The molecule has 0 N–H and O–H groups in total. The van der Waals surface area contributed by atoms with Gasteiger partial charge in [0.05, 0.1) is 0 Å². The average Bonchev–Trinajstić information content (AvgIpc) is 2.51. The van der Waals surface area contributed by atoms with Gasteiger partial charge in [-0.2, -0.15) is 0 Å². The molecule has 0 aliphatic heterocycles. The molecule has 2 aromatic rings. The zero-order chi connectivity index (χ0) is 15.1. The summed E-state index contributed by atoms with van der Waals surface area (Å²) in [6, 6.07) is 8.89. The molecule has 0 spiro atoms. The van der Waals surface area contributed by atoms with E-state index in [2.05, 4.69) is 45.0 Å². The number of unbranched alkanes of at least 4 members (excludes halogenated alkanes) is 2. The highest BCUT2D eigenvalue weighted by Crippen LogP contribution is 2.27. The summed E-state index contributed by atoms with van der Waals surface area (Å²) < 4.78 is 0. The molecule has 21 heavy (non-hydrogen) atoms. The number of pyridine rings is 1. The Morgan fingerprint density at radius 1 is 0.714 bits per heavy atom. The fourth-order valence-electron chi connectivity index (χ4n) is 3.15. The number of nitrogens with zero attached hydrogens (tertiary/aromatic N) is 1. The van der Waals surface area contributed by atoms with Crippen molar-refractivity contribution in [2.45, 2.75) is 72.1 Å². The third kappa shape index (κ3) is 3.84.